The number of hydrogen-bond acceptors (Lipinski definition) is 8. The highest BCUT2D eigenvalue weighted by Gasteiger charge is 2.17. The van der Waals surface area contributed by atoms with Gasteiger partial charge in [0, 0.05) is 55.7 Å². The summed E-state index contributed by atoms with van der Waals surface area (Å²) in [5.74, 6) is 0.835. The van der Waals surface area contributed by atoms with Crippen LogP contribution in [0.1, 0.15) is 10.4 Å². The molecule has 1 aliphatic heterocycles. The monoisotopic (exact) mass is 431 g/mol. The van der Waals surface area contributed by atoms with Crippen LogP contribution in [0.5, 0.6) is 0 Å². The van der Waals surface area contributed by atoms with Gasteiger partial charge < -0.3 is 9.80 Å². The fourth-order valence-corrected chi connectivity index (χ4v) is 4.16. The molecule has 1 N–H and O–H groups in total. The fourth-order valence-electron chi connectivity index (χ4n) is 3.54. The number of piperazine rings is 1. The second-order valence-electron chi connectivity index (χ2n) is 7.48. The van der Waals surface area contributed by atoms with E-state index in [2.05, 4.69) is 42.1 Å². The molecule has 0 aliphatic carbocycles. The van der Waals surface area contributed by atoms with Crippen molar-refractivity contribution < 1.29 is 4.79 Å². The molecule has 0 spiro atoms. The van der Waals surface area contributed by atoms with E-state index in [1.807, 2.05) is 30.5 Å². The van der Waals surface area contributed by atoms with E-state index in [1.54, 1.807) is 35.3 Å². The van der Waals surface area contributed by atoms with Gasteiger partial charge in [0.15, 0.2) is 0 Å². The molecule has 0 atom stereocenters. The molecule has 0 radical (unpaired) electrons. The summed E-state index contributed by atoms with van der Waals surface area (Å²) in [5.41, 5.74) is 4.14. The van der Waals surface area contributed by atoms with E-state index < -0.39 is 0 Å². The predicted molar refractivity (Wildman–Crippen MR) is 123 cm³/mol. The summed E-state index contributed by atoms with van der Waals surface area (Å²) >= 11 is 1.57. The molecular formula is C22H21N7OS. The van der Waals surface area contributed by atoms with Gasteiger partial charge in [-0.3, -0.25) is 15.1 Å². The maximum absolute atomic E-state index is 12.8. The van der Waals surface area contributed by atoms with Crippen LogP contribution >= 0.6 is 11.3 Å². The number of aromatic nitrogens is 4. The van der Waals surface area contributed by atoms with Gasteiger partial charge in [-0.15, -0.1) is 11.3 Å². The predicted octanol–water partition coefficient (Wildman–Crippen LogP) is 3.15. The van der Waals surface area contributed by atoms with Crippen LogP contribution in [0, 0.1) is 0 Å². The topological polar surface area (TPSA) is 87.1 Å². The second kappa shape index (κ2) is 8.37. The molecule has 9 heteroatoms. The third kappa shape index (κ3) is 4.23. The molecule has 0 unspecified atom stereocenters. The Morgan fingerprint density at radius 2 is 1.94 bits per heavy atom. The summed E-state index contributed by atoms with van der Waals surface area (Å²) in [6.45, 7) is 3.74. The van der Waals surface area contributed by atoms with Gasteiger partial charge >= 0.3 is 0 Å². The van der Waals surface area contributed by atoms with Crippen LogP contribution in [-0.2, 0) is 0 Å². The van der Waals surface area contributed by atoms with E-state index in [0.29, 0.717) is 5.56 Å². The number of nitrogens with zero attached hydrogens (tertiary/aromatic N) is 6. The first-order chi connectivity index (χ1) is 15.2. The van der Waals surface area contributed by atoms with Crippen molar-refractivity contribution in [3.05, 3.63) is 60.0 Å². The van der Waals surface area contributed by atoms with Crippen molar-refractivity contribution in [2.45, 2.75) is 0 Å². The maximum Gasteiger partial charge on any atom is 0.258 e. The number of anilines is 2. The average molecular weight is 432 g/mol. The van der Waals surface area contributed by atoms with Crippen LogP contribution in [0.25, 0.3) is 21.3 Å². The SMILES string of the molecule is CN1CCN(c2cc(C(=O)Nc3ncc4ccc(-c5cncs5)cc4n3)ccn2)CC1. The highest BCUT2D eigenvalue weighted by molar-refractivity contribution is 7.13. The molecule has 31 heavy (non-hydrogen) atoms. The molecular weight excluding hydrogens is 410 g/mol. The Hall–Kier alpha value is -3.43. The summed E-state index contributed by atoms with van der Waals surface area (Å²) < 4.78 is 0. The third-order valence-corrected chi connectivity index (χ3v) is 6.18. The minimum absolute atomic E-state index is 0.254. The van der Waals surface area contributed by atoms with Gasteiger partial charge in [0.2, 0.25) is 5.95 Å². The molecule has 3 aromatic heterocycles. The van der Waals surface area contributed by atoms with E-state index in [-0.39, 0.29) is 11.9 Å². The van der Waals surface area contributed by atoms with E-state index in [0.717, 1.165) is 53.3 Å². The number of carbonyl (C=O) groups excluding carboxylic acids is 1. The molecule has 0 bridgehead atoms. The summed E-state index contributed by atoms with van der Waals surface area (Å²) in [6, 6.07) is 9.51. The summed E-state index contributed by atoms with van der Waals surface area (Å²) in [6.07, 6.45) is 5.22. The van der Waals surface area contributed by atoms with Crippen LogP contribution in [0.15, 0.2) is 54.4 Å². The van der Waals surface area contributed by atoms with Crippen LogP contribution in [0.2, 0.25) is 0 Å². The molecule has 5 rings (SSSR count). The van der Waals surface area contributed by atoms with Crippen molar-refractivity contribution in [1.29, 1.82) is 0 Å². The first-order valence-corrected chi connectivity index (χ1v) is 10.9. The van der Waals surface area contributed by atoms with E-state index in [1.165, 1.54) is 0 Å². The van der Waals surface area contributed by atoms with Crippen molar-refractivity contribution in [3.63, 3.8) is 0 Å². The van der Waals surface area contributed by atoms with Crippen molar-refractivity contribution in [3.8, 4) is 10.4 Å². The van der Waals surface area contributed by atoms with Gasteiger partial charge in [-0.05, 0) is 30.8 Å². The van der Waals surface area contributed by atoms with Crippen molar-refractivity contribution in [1.82, 2.24) is 24.8 Å². The number of fused-ring (bicyclic) bond motifs is 1. The third-order valence-electron chi connectivity index (χ3n) is 5.36. The van der Waals surface area contributed by atoms with Crippen molar-refractivity contribution >= 4 is 39.9 Å². The maximum atomic E-state index is 12.8. The van der Waals surface area contributed by atoms with Gasteiger partial charge in [0.25, 0.3) is 5.91 Å². The lowest BCUT2D eigenvalue weighted by atomic mass is 10.1. The lowest BCUT2D eigenvalue weighted by molar-refractivity contribution is 0.102. The average Bonchev–Trinajstić information content (AvgIpc) is 3.34. The first kappa shape index (κ1) is 19.5. The number of rotatable bonds is 4. The van der Waals surface area contributed by atoms with Crippen LogP contribution in [0.4, 0.5) is 11.8 Å². The largest absolute Gasteiger partial charge is 0.354 e. The van der Waals surface area contributed by atoms with Crippen LogP contribution in [0.3, 0.4) is 0 Å². The Morgan fingerprint density at radius 1 is 1.06 bits per heavy atom. The van der Waals surface area contributed by atoms with Crippen molar-refractivity contribution in [2.75, 3.05) is 43.4 Å². The van der Waals surface area contributed by atoms with Crippen LogP contribution < -0.4 is 10.2 Å². The van der Waals surface area contributed by atoms with Gasteiger partial charge in [0.1, 0.15) is 5.82 Å². The molecule has 4 heterocycles. The Labute approximate surface area is 183 Å². The van der Waals surface area contributed by atoms with Gasteiger partial charge in [0.05, 0.1) is 15.9 Å². The number of amides is 1. The lowest BCUT2D eigenvalue weighted by Gasteiger charge is -2.33. The molecule has 156 valence electrons. The molecule has 0 saturated carbocycles. The summed E-state index contributed by atoms with van der Waals surface area (Å²) in [5, 5.41) is 3.73. The quantitative estimate of drug-likeness (QED) is 0.531. The number of carbonyl (C=O) groups is 1. The number of likely N-dealkylation sites (N-methyl/N-ethyl adjacent to an activating group) is 1. The van der Waals surface area contributed by atoms with Gasteiger partial charge in [-0.25, -0.2) is 15.0 Å². The highest BCUT2D eigenvalue weighted by atomic mass is 32.1. The van der Waals surface area contributed by atoms with Gasteiger partial charge in [-0.2, -0.15) is 0 Å². The zero-order valence-corrected chi connectivity index (χ0v) is 17.8. The Balaban J connectivity index is 1.35. The number of benzene rings is 1. The summed E-state index contributed by atoms with van der Waals surface area (Å²) in [4.78, 5) is 35.8. The standard InChI is InChI=1S/C22H21N7OS/c1-28-6-8-29(9-7-28)20-11-16(4-5-24-20)21(30)27-22-25-12-17-3-2-15(10-18(17)26-22)19-13-23-14-31-19/h2-5,10-14H,6-9H2,1H3,(H,25,26,27,30). The Morgan fingerprint density at radius 3 is 2.74 bits per heavy atom. The molecule has 1 fully saturated rings. The smallest absolute Gasteiger partial charge is 0.258 e. The highest BCUT2D eigenvalue weighted by Crippen LogP contribution is 2.26. The van der Waals surface area contributed by atoms with E-state index >= 15 is 0 Å². The van der Waals surface area contributed by atoms with E-state index in [9.17, 15) is 4.79 Å². The molecule has 1 aliphatic rings. The molecule has 4 aromatic rings. The normalized spacial score (nSPS) is 14.7. The molecule has 1 aromatic carbocycles. The van der Waals surface area contributed by atoms with Gasteiger partial charge in [-0.1, -0.05) is 12.1 Å². The van der Waals surface area contributed by atoms with Crippen molar-refractivity contribution in [2.24, 2.45) is 0 Å². The zero-order chi connectivity index (χ0) is 21.2. The minimum Gasteiger partial charge on any atom is -0.354 e. The Kier molecular flexibility index (Phi) is 5.27. The number of hydrogen-bond donors (Lipinski definition) is 1. The number of thiazole rings is 1. The fraction of sp³-hybridized carbons (Fsp3) is 0.227. The first-order valence-electron chi connectivity index (χ1n) is 10.0. The zero-order valence-electron chi connectivity index (χ0n) is 17.0. The summed E-state index contributed by atoms with van der Waals surface area (Å²) in [7, 11) is 2.11. The second-order valence-corrected chi connectivity index (χ2v) is 8.37. The molecule has 1 saturated heterocycles. The Bertz CT molecular complexity index is 1220. The molecule has 1 amide bonds. The molecule has 8 nitrogen and oxygen atoms in total. The lowest BCUT2D eigenvalue weighted by Crippen LogP contribution is -2.44. The number of nitrogens with one attached hydrogen (secondary N) is 1. The van der Waals surface area contributed by atoms with E-state index in [4.69, 9.17) is 0 Å². The van der Waals surface area contributed by atoms with Crippen LogP contribution in [-0.4, -0.2) is 64.0 Å². The number of pyridine rings is 1. The minimum atomic E-state index is -0.254.